The van der Waals surface area contributed by atoms with Gasteiger partial charge in [0, 0.05) is 35.8 Å². The van der Waals surface area contributed by atoms with Gasteiger partial charge in [0.15, 0.2) is 11.5 Å². The lowest BCUT2D eigenvalue weighted by Crippen LogP contribution is -2.55. The Hall–Kier alpha value is -5.59. The average Bonchev–Trinajstić information content (AvgIpc) is 3.45. The topological polar surface area (TPSA) is 117 Å². The summed E-state index contributed by atoms with van der Waals surface area (Å²) in [5, 5.41) is 7.84. The molecular formula is C30H25F2N7O4. The molecule has 1 aliphatic rings. The van der Waals surface area contributed by atoms with Crippen LogP contribution in [-0.4, -0.2) is 61.8 Å². The van der Waals surface area contributed by atoms with Gasteiger partial charge in [-0.25, -0.2) is 23.4 Å². The number of benzene rings is 2. The molecule has 3 aromatic heterocycles. The Morgan fingerprint density at radius 3 is 2.65 bits per heavy atom. The van der Waals surface area contributed by atoms with Gasteiger partial charge in [-0.15, -0.1) is 5.10 Å². The van der Waals surface area contributed by atoms with Crippen LogP contribution in [0.3, 0.4) is 0 Å². The number of nitrogens with one attached hydrogen (secondary N) is 1. The predicted molar refractivity (Wildman–Crippen MR) is 153 cm³/mol. The van der Waals surface area contributed by atoms with Crippen LogP contribution >= 0.6 is 0 Å². The number of rotatable bonds is 9. The van der Waals surface area contributed by atoms with Crippen molar-refractivity contribution in [2.75, 3.05) is 25.5 Å². The minimum atomic E-state index is -0.597. The van der Waals surface area contributed by atoms with Crippen LogP contribution < -0.4 is 19.5 Å². The summed E-state index contributed by atoms with van der Waals surface area (Å²) in [6, 6.07) is 10.6. The molecule has 4 heterocycles. The van der Waals surface area contributed by atoms with Crippen LogP contribution in [0.4, 0.5) is 20.3 Å². The Bertz CT molecular complexity index is 1860. The number of methoxy groups -OCH3 is 1. The monoisotopic (exact) mass is 585 g/mol. The first-order chi connectivity index (χ1) is 20.8. The van der Waals surface area contributed by atoms with E-state index in [2.05, 4.69) is 31.9 Å². The standard InChI is InChI=1S/C30H25F2N7O4/c1-4-29(40)38-14-20(15-38)42-27-11-21-25(12-26(27)41-3)34-16-35-30(21)36-24-6-5-19(10-23(24)32)43-28-7-8-39(37-28)18-9-22(31)17(2)33-13-18/h4-13,16,20H,1,14-15H2,2-3H3,(H,34,35,36). The highest BCUT2D eigenvalue weighted by molar-refractivity contribution is 5.93. The number of carbonyl (C=O) groups is 1. The van der Waals surface area contributed by atoms with Gasteiger partial charge in [-0.1, -0.05) is 6.58 Å². The summed E-state index contributed by atoms with van der Waals surface area (Å²) in [4.78, 5) is 26.0. The van der Waals surface area contributed by atoms with Gasteiger partial charge < -0.3 is 24.4 Å². The molecule has 0 aliphatic carbocycles. The molecule has 11 nitrogen and oxygen atoms in total. The van der Waals surface area contributed by atoms with Crippen molar-refractivity contribution in [2.45, 2.75) is 13.0 Å². The molecule has 0 saturated carbocycles. The van der Waals surface area contributed by atoms with Gasteiger partial charge in [0.25, 0.3) is 0 Å². The molecule has 0 atom stereocenters. The van der Waals surface area contributed by atoms with Gasteiger partial charge in [0.2, 0.25) is 11.8 Å². The van der Waals surface area contributed by atoms with E-state index in [4.69, 9.17) is 14.2 Å². The summed E-state index contributed by atoms with van der Waals surface area (Å²) in [5.41, 5.74) is 1.40. The fourth-order valence-electron chi connectivity index (χ4n) is 4.45. The average molecular weight is 586 g/mol. The van der Waals surface area contributed by atoms with Crippen LogP contribution in [-0.2, 0) is 4.79 Å². The van der Waals surface area contributed by atoms with Gasteiger partial charge in [-0.3, -0.25) is 9.78 Å². The zero-order valence-electron chi connectivity index (χ0n) is 23.1. The number of hydrogen-bond acceptors (Lipinski definition) is 9. The summed E-state index contributed by atoms with van der Waals surface area (Å²) < 4.78 is 47.8. The van der Waals surface area contributed by atoms with E-state index in [1.807, 2.05) is 0 Å². The Labute approximate surface area is 244 Å². The number of fused-ring (bicyclic) bond motifs is 1. The fraction of sp³-hybridized carbons (Fsp3) is 0.167. The normalized spacial score (nSPS) is 13.0. The highest BCUT2D eigenvalue weighted by atomic mass is 19.1. The predicted octanol–water partition coefficient (Wildman–Crippen LogP) is 5.12. The second-order valence-electron chi connectivity index (χ2n) is 9.66. The lowest BCUT2D eigenvalue weighted by molar-refractivity contribution is -0.134. The Morgan fingerprint density at radius 1 is 1.07 bits per heavy atom. The zero-order chi connectivity index (χ0) is 30.1. The molecule has 1 aliphatic heterocycles. The van der Waals surface area contributed by atoms with E-state index in [0.29, 0.717) is 47.0 Å². The number of aromatic nitrogens is 5. The molecule has 1 saturated heterocycles. The molecule has 0 radical (unpaired) electrons. The minimum Gasteiger partial charge on any atom is -0.493 e. The first-order valence-electron chi connectivity index (χ1n) is 13.1. The van der Waals surface area contributed by atoms with Crippen LogP contribution in [0, 0.1) is 18.6 Å². The van der Waals surface area contributed by atoms with Crippen LogP contribution in [0.5, 0.6) is 23.1 Å². The van der Waals surface area contributed by atoms with Crippen LogP contribution in [0.25, 0.3) is 16.6 Å². The molecule has 1 fully saturated rings. The van der Waals surface area contributed by atoms with Gasteiger partial charge in [-0.2, -0.15) is 0 Å². The number of amides is 1. The summed E-state index contributed by atoms with van der Waals surface area (Å²) in [7, 11) is 1.52. The number of hydrogen-bond donors (Lipinski definition) is 1. The van der Waals surface area contributed by atoms with Crippen molar-refractivity contribution >= 4 is 28.3 Å². The molecule has 0 spiro atoms. The third kappa shape index (κ3) is 5.64. The summed E-state index contributed by atoms with van der Waals surface area (Å²) in [5.74, 6) is 0.439. The van der Waals surface area contributed by atoms with Gasteiger partial charge in [-0.05, 0) is 31.2 Å². The maximum Gasteiger partial charge on any atom is 0.246 e. The van der Waals surface area contributed by atoms with Crippen molar-refractivity contribution < 1.29 is 27.8 Å². The number of ether oxygens (including phenoxy) is 3. The van der Waals surface area contributed by atoms with Gasteiger partial charge in [0.05, 0.1) is 49.0 Å². The molecule has 6 rings (SSSR count). The van der Waals surface area contributed by atoms with E-state index in [1.165, 1.54) is 48.6 Å². The van der Waals surface area contributed by atoms with Crippen molar-refractivity contribution in [3.63, 3.8) is 0 Å². The molecule has 0 unspecified atom stereocenters. The van der Waals surface area contributed by atoms with E-state index >= 15 is 4.39 Å². The lowest BCUT2D eigenvalue weighted by Gasteiger charge is -2.38. The van der Waals surface area contributed by atoms with E-state index in [1.54, 1.807) is 42.3 Å². The second kappa shape index (κ2) is 11.4. The number of carbonyl (C=O) groups excluding carboxylic acids is 1. The second-order valence-corrected chi connectivity index (χ2v) is 9.66. The third-order valence-electron chi connectivity index (χ3n) is 6.80. The Balaban J connectivity index is 1.19. The number of likely N-dealkylation sites (tertiary alicyclic amines) is 1. The molecule has 2 aromatic carbocycles. The molecule has 43 heavy (non-hydrogen) atoms. The number of halogens is 2. The highest BCUT2D eigenvalue weighted by Gasteiger charge is 2.31. The number of pyridine rings is 1. The highest BCUT2D eigenvalue weighted by Crippen LogP contribution is 2.37. The molecule has 5 aromatic rings. The van der Waals surface area contributed by atoms with Crippen molar-refractivity contribution in [2.24, 2.45) is 0 Å². The fourth-order valence-corrected chi connectivity index (χ4v) is 4.45. The van der Waals surface area contributed by atoms with E-state index in [-0.39, 0.29) is 35.0 Å². The van der Waals surface area contributed by atoms with Gasteiger partial charge >= 0.3 is 0 Å². The van der Waals surface area contributed by atoms with Gasteiger partial charge in [0.1, 0.15) is 35.6 Å². The number of aryl methyl sites for hydroxylation is 1. The maximum atomic E-state index is 15.2. The summed E-state index contributed by atoms with van der Waals surface area (Å²) in [6.45, 7) is 5.91. The SMILES string of the molecule is C=CC(=O)N1CC(Oc2cc3c(Nc4ccc(Oc5ccn(-c6cnc(C)c(F)c6)n5)cc4F)ncnc3cc2OC)C1. The third-order valence-corrected chi connectivity index (χ3v) is 6.80. The molecule has 0 bridgehead atoms. The minimum absolute atomic E-state index is 0.148. The maximum absolute atomic E-state index is 15.2. The van der Waals surface area contributed by atoms with Crippen LogP contribution in [0.1, 0.15) is 5.69 Å². The quantitative estimate of drug-likeness (QED) is 0.235. The molecule has 218 valence electrons. The van der Waals surface area contributed by atoms with Crippen molar-refractivity contribution in [3.8, 4) is 28.8 Å². The van der Waals surface area contributed by atoms with Crippen molar-refractivity contribution in [1.82, 2.24) is 29.6 Å². The van der Waals surface area contributed by atoms with Crippen LogP contribution in [0.2, 0.25) is 0 Å². The van der Waals surface area contributed by atoms with E-state index in [9.17, 15) is 9.18 Å². The first-order valence-corrected chi connectivity index (χ1v) is 13.1. The summed E-state index contributed by atoms with van der Waals surface area (Å²) in [6.07, 6.45) is 5.48. The zero-order valence-corrected chi connectivity index (χ0v) is 23.1. The van der Waals surface area contributed by atoms with E-state index < -0.39 is 11.6 Å². The molecular weight excluding hydrogens is 560 g/mol. The molecule has 13 heteroatoms. The lowest BCUT2D eigenvalue weighted by atomic mass is 10.1. The molecule has 1 N–H and O–H groups in total. The van der Waals surface area contributed by atoms with Crippen molar-refractivity contribution in [1.29, 1.82) is 0 Å². The smallest absolute Gasteiger partial charge is 0.246 e. The van der Waals surface area contributed by atoms with E-state index in [0.717, 1.165) is 0 Å². The summed E-state index contributed by atoms with van der Waals surface area (Å²) >= 11 is 0. The first kappa shape index (κ1) is 27.6. The van der Waals surface area contributed by atoms with Crippen LogP contribution in [0.15, 0.2) is 73.8 Å². The molecule has 1 amide bonds. The number of anilines is 2. The Kier molecular flexibility index (Phi) is 7.28. The number of nitrogens with zero attached hydrogens (tertiary/aromatic N) is 6. The van der Waals surface area contributed by atoms with Crippen molar-refractivity contribution in [3.05, 3.63) is 91.2 Å². The Morgan fingerprint density at radius 2 is 1.91 bits per heavy atom. The largest absolute Gasteiger partial charge is 0.493 e.